The Morgan fingerprint density at radius 1 is 1.33 bits per heavy atom. The van der Waals surface area contributed by atoms with Gasteiger partial charge in [-0.15, -0.1) is 0 Å². The van der Waals surface area contributed by atoms with Crippen molar-refractivity contribution in [2.75, 3.05) is 13.2 Å². The third-order valence-corrected chi connectivity index (χ3v) is 2.12. The summed E-state index contributed by atoms with van der Waals surface area (Å²) >= 11 is 0. The molecule has 1 rings (SSSR count). The summed E-state index contributed by atoms with van der Waals surface area (Å²) in [6, 6.07) is 5.94. The van der Waals surface area contributed by atoms with Crippen molar-refractivity contribution in [2.24, 2.45) is 0 Å². The number of hydrogen-bond donors (Lipinski definition) is 1. The Hall–Kier alpha value is -1.83. The number of ketones is 1. The standard InChI is InChI=1S/C14H16O4/c1-3-17-11(2)18-10-4-5-14(16)12-6-8-13(15)9-7-12/h6-9,11,15H,3,10H2,1-2H3. The summed E-state index contributed by atoms with van der Waals surface area (Å²) in [7, 11) is 0. The van der Waals surface area contributed by atoms with E-state index < -0.39 is 0 Å². The van der Waals surface area contributed by atoms with Crippen LogP contribution in [0.2, 0.25) is 0 Å². The smallest absolute Gasteiger partial charge is 0.235 e. The molecule has 0 saturated heterocycles. The van der Waals surface area contributed by atoms with Crippen molar-refractivity contribution >= 4 is 5.78 Å². The number of carbonyl (C=O) groups excluding carboxylic acids is 1. The molecule has 1 unspecified atom stereocenters. The first-order valence-electron chi connectivity index (χ1n) is 5.69. The van der Waals surface area contributed by atoms with Crippen LogP contribution in [0.3, 0.4) is 0 Å². The van der Waals surface area contributed by atoms with E-state index in [9.17, 15) is 4.79 Å². The molecule has 0 bridgehead atoms. The normalized spacial score (nSPS) is 11.4. The SMILES string of the molecule is CCOC(C)OCC#CC(=O)c1ccc(O)cc1. The molecule has 0 aliphatic rings. The average Bonchev–Trinajstić information content (AvgIpc) is 2.35. The van der Waals surface area contributed by atoms with Crippen LogP contribution in [0.25, 0.3) is 0 Å². The molecule has 1 N–H and O–H groups in total. The van der Waals surface area contributed by atoms with Crippen LogP contribution >= 0.6 is 0 Å². The molecule has 0 saturated carbocycles. The molecular formula is C14H16O4. The minimum atomic E-state index is -0.326. The van der Waals surface area contributed by atoms with E-state index >= 15 is 0 Å². The lowest BCUT2D eigenvalue weighted by Gasteiger charge is -2.09. The molecule has 96 valence electrons. The Morgan fingerprint density at radius 3 is 2.61 bits per heavy atom. The van der Waals surface area contributed by atoms with Gasteiger partial charge in [0.05, 0.1) is 0 Å². The molecule has 0 aliphatic carbocycles. The Bertz CT molecular complexity index is 439. The van der Waals surface area contributed by atoms with Crippen LogP contribution in [0.1, 0.15) is 24.2 Å². The fourth-order valence-corrected chi connectivity index (χ4v) is 1.24. The van der Waals surface area contributed by atoms with Crippen molar-refractivity contribution in [3.63, 3.8) is 0 Å². The number of hydrogen-bond acceptors (Lipinski definition) is 4. The second-order valence-corrected chi connectivity index (χ2v) is 3.51. The van der Waals surface area contributed by atoms with E-state index in [1.807, 2.05) is 6.92 Å². The molecule has 4 nitrogen and oxygen atoms in total. The van der Waals surface area contributed by atoms with E-state index in [-0.39, 0.29) is 24.4 Å². The van der Waals surface area contributed by atoms with Crippen LogP contribution in [0.5, 0.6) is 5.75 Å². The van der Waals surface area contributed by atoms with Crippen LogP contribution in [-0.2, 0) is 9.47 Å². The quantitative estimate of drug-likeness (QED) is 0.374. The lowest BCUT2D eigenvalue weighted by atomic mass is 10.1. The predicted molar refractivity (Wildman–Crippen MR) is 67.3 cm³/mol. The van der Waals surface area contributed by atoms with Crippen LogP contribution in [-0.4, -0.2) is 30.4 Å². The summed E-state index contributed by atoms with van der Waals surface area (Å²) < 4.78 is 10.3. The van der Waals surface area contributed by atoms with Crippen molar-refractivity contribution in [3.8, 4) is 17.6 Å². The number of benzene rings is 1. The highest BCUT2D eigenvalue weighted by molar-refractivity contribution is 6.09. The van der Waals surface area contributed by atoms with Gasteiger partial charge in [-0.05, 0) is 44.0 Å². The zero-order valence-corrected chi connectivity index (χ0v) is 10.5. The summed E-state index contributed by atoms with van der Waals surface area (Å²) in [5, 5.41) is 9.08. The van der Waals surface area contributed by atoms with Gasteiger partial charge in [0.1, 0.15) is 12.4 Å². The van der Waals surface area contributed by atoms with Gasteiger partial charge in [0.25, 0.3) is 0 Å². The van der Waals surface area contributed by atoms with Crippen LogP contribution in [0.4, 0.5) is 0 Å². The zero-order chi connectivity index (χ0) is 13.4. The van der Waals surface area contributed by atoms with Crippen molar-refractivity contribution < 1.29 is 19.4 Å². The number of aromatic hydroxyl groups is 1. The van der Waals surface area contributed by atoms with E-state index in [0.29, 0.717) is 12.2 Å². The first-order chi connectivity index (χ1) is 8.63. The predicted octanol–water partition coefficient (Wildman–Crippen LogP) is 1.98. The second kappa shape index (κ2) is 7.49. The molecular weight excluding hydrogens is 232 g/mol. The van der Waals surface area contributed by atoms with Gasteiger partial charge in [0, 0.05) is 12.2 Å². The zero-order valence-electron chi connectivity index (χ0n) is 10.5. The van der Waals surface area contributed by atoms with Gasteiger partial charge in [-0.1, -0.05) is 5.92 Å². The Balaban J connectivity index is 2.43. The summed E-state index contributed by atoms with van der Waals surface area (Å²) in [6.07, 6.45) is -0.326. The molecule has 1 atom stereocenters. The monoisotopic (exact) mass is 248 g/mol. The van der Waals surface area contributed by atoms with Crippen molar-refractivity contribution in [1.29, 1.82) is 0 Å². The van der Waals surface area contributed by atoms with E-state index in [4.69, 9.17) is 14.6 Å². The van der Waals surface area contributed by atoms with Gasteiger partial charge < -0.3 is 14.6 Å². The highest BCUT2D eigenvalue weighted by atomic mass is 16.7. The maximum atomic E-state index is 11.6. The molecule has 0 fully saturated rings. The highest BCUT2D eigenvalue weighted by Gasteiger charge is 2.01. The summed E-state index contributed by atoms with van der Waals surface area (Å²) in [5.74, 6) is 4.90. The second-order valence-electron chi connectivity index (χ2n) is 3.51. The van der Waals surface area contributed by atoms with Crippen LogP contribution in [0, 0.1) is 11.8 Å². The third kappa shape index (κ3) is 5.00. The van der Waals surface area contributed by atoms with Crippen LogP contribution < -0.4 is 0 Å². The molecule has 0 heterocycles. The molecule has 0 radical (unpaired) electrons. The Morgan fingerprint density at radius 2 is 2.00 bits per heavy atom. The van der Waals surface area contributed by atoms with Gasteiger partial charge in [0.2, 0.25) is 5.78 Å². The number of phenolic OH excluding ortho intramolecular Hbond substituents is 1. The highest BCUT2D eigenvalue weighted by Crippen LogP contribution is 2.09. The molecule has 0 amide bonds. The largest absolute Gasteiger partial charge is 0.508 e. The fourth-order valence-electron chi connectivity index (χ4n) is 1.24. The van der Waals surface area contributed by atoms with Crippen molar-refractivity contribution in [1.82, 2.24) is 0 Å². The molecule has 0 aromatic heterocycles. The number of ether oxygens (including phenoxy) is 2. The number of carbonyl (C=O) groups is 1. The molecule has 18 heavy (non-hydrogen) atoms. The van der Waals surface area contributed by atoms with Crippen LogP contribution in [0.15, 0.2) is 24.3 Å². The third-order valence-electron chi connectivity index (χ3n) is 2.12. The van der Waals surface area contributed by atoms with E-state index in [0.717, 1.165) is 0 Å². The summed E-state index contributed by atoms with van der Waals surface area (Å²) in [5.41, 5.74) is 0.443. The Kier molecular flexibility index (Phi) is 5.92. The minimum Gasteiger partial charge on any atom is -0.508 e. The van der Waals surface area contributed by atoms with Gasteiger partial charge in [-0.25, -0.2) is 0 Å². The molecule has 0 aliphatic heterocycles. The maximum absolute atomic E-state index is 11.6. The fraction of sp³-hybridized carbons (Fsp3) is 0.357. The molecule has 4 heteroatoms. The van der Waals surface area contributed by atoms with E-state index in [1.54, 1.807) is 6.92 Å². The molecule has 0 spiro atoms. The summed E-state index contributed by atoms with van der Waals surface area (Å²) in [4.78, 5) is 11.6. The molecule has 1 aromatic rings. The van der Waals surface area contributed by atoms with Gasteiger partial charge >= 0.3 is 0 Å². The number of Topliss-reactive ketones (excluding diaryl/α,β-unsaturated/α-hetero) is 1. The lowest BCUT2D eigenvalue weighted by molar-refractivity contribution is -0.117. The summed E-state index contributed by atoms with van der Waals surface area (Å²) in [6.45, 7) is 4.36. The topological polar surface area (TPSA) is 55.8 Å². The van der Waals surface area contributed by atoms with Gasteiger partial charge in [0.15, 0.2) is 6.29 Å². The van der Waals surface area contributed by atoms with Crippen molar-refractivity contribution in [2.45, 2.75) is 20.1 Å². The van der Waals surface area contributed by atoms with Crippen molar-refractivity contribution in [3.05, 3.63) is 29.8 Å². The Labute approximate surface area is 107 Å². The minimum absolute atomic E-state index is 0.119. The first-order valence-corrected chi connectivity index (χ1v) is 5.69. The average molecular weight is 248 g/mol. The molecule has 1 aromatic carbocycles. The van der Waals surface area contributed by atoms with E-state index in [2.05, 4.69) is 11.8 Å². The maximum Gasteiger partial charge on any atom is 0.235 e. The first kappa shape index (κ1) is 14.2. The van der Waals surface area contributed by atoms with Gasteiger partial charge in [-0.3, -0.25) is 4.79 Å². The number of rotatable bonds is 5. The van der Waals surface area contributed by atoms with Gasteiger partial charge in [-0.2, -0.15) is 0 Å². The number of phenols is 1. The van der Waals surface area contributed by atoms with E-state index in [1.165, 1.54) is 24.3 Å². The lowest BCUT2D eigenvalue weighted by Crippen LogP contribution is -2.12.